The SMILES string of the molecule is Cc1cnc(N2CC[C@@H](F)C2)n1C. The fourth-order valence-electron chi connectivity index (χ4n) is 1.68. The van der Waals surface area contributed by atoms with Crippen LogP contribution in [0.4, 0.5) is 10.3 Å². The first kappa shape index (κ1) is 8.53. The average Bonchev–Trinajstić information content (AvgIpc) is 2.62. The minimum atomic E-state index is -0.683. The molecular formula is C9H14FN3. The van der Waals surface area contributed by atoms with Crippen LogP contribution < -0.4 is 4.90 Å². The molecule has 0 bridgehead atoms. The molecule has 72 valence electrons. The molecule has 1 aromatic rings. The molecule has 0 radical (unpaired) electrons. The smallest absolute Gasteiger partial charge is 0.205 e. The molecule has 0 aliphatic carbocycles. The number of hydrogen-bond donors (Lipinski definition) is 0. The van der Waals surface area contributed by atoms with E-state index in [-0.39, 0.29) is 0 Å². The van der Waals surface area contributed by atoms with Gasteiger partial charge in [0.15, 0.2) is 0 Å². The zero-order chi connectivity index (χ0) is 9.42. The van der Waals surface area contributed by atoms with Crippen molar-refractivity contribution in [2.24, 2.45) is 7.05 Å². The molecule has 13 heavy (non-hydrogen) atoms. The van der Waals surface area contributed by atoms with Crippen LogP contribution in [0.2, 0.25) is 0 Å². The van der Waals surface area contributed by atoms with E-state index in [1.54, 1.807) is 0 Å². The van der Waals surface area contributed by atoms with Gasteiger partial charge >= 0.3 is 0 Å². The topological polar surface area (TPSA) is 21.1 Å². The molecule has 4 heteroatoms. The zero-order valence-electron chi connectivity index (χ0n) is 8.00. The van der Waals surface area contributed by atoms with Crippen molar-refractivity contribution in [2.75, 3.05) is 18.0 Å². The van der Waals surface area contributed by atoms with Crippen molar-refractivity contribution in [1.82, 2.24) is 9.55 Å². The first-order valence-electron chi connectivity index (χ1n) is 4.56. The molecule has 0 unspecified atom stereocenters. The number of alkyl halides is 1. The molecular weight excluding hydrogens is 169 g/mol. The second kappa shape index (κ2) is 3.01. The molecule has 1 aliphatic rings. The van der Waals surface area contributed by atoms with Gasteiger partial charge in [0.05, 0.1) is 12.7 Å². The van der Waals surface area contributed by atoms with E-state index in [4.69, 9.17) is 0 Å². The van der Waals surface area contributed by atoms with Crippen molar-refractivity contribution < 1.29 is 4.39 Å². The van der Waals surface area contributed by atoms with Gasteiger partial charge < -0.3 is 9.47 Å². The van der Waals surface area contributed by atoms with Gasteiger partial charge in [-0.2, -0.15) is 0 Å². The number of nitrogens with zero attached hydrogens (tertiary/aromatic N) is 3. The molecule has 1 fully saturated rings. The van der Waals surface area contributed by atoms with Gasteiger partial charge in [-0.25, -0.2) is 9.37 Å². The van der Waals surface area contributed by atoms with Crippen LogP contribution in [0.1, 0.15) is 12.1 Å². The predicted octanol–water partition coefficient (Wildman–Crippen LogP) is 1.28. The molecule has 0 aromatic carbocycles. The van der Waals surface area contributed by atoms with Crippen molar-refractivity contribution in [1.29, 1.82) is 0 Å². The summed E-state index contributed by atoms with van der Waals surface area (Å²) in [6.07, 6.45) is 1.77. The van der Waals surface area contributed by atoms with Crippen LogP contribution in [-0.4, -0.2) is 28.8 Å². The van der Waals surface area contributed by atoms with Gasteiger partial charge in [0.2, 0.25) is 5.95 Å². The lowest BCUT2D eigenvalue weighted by Gasteiger charge is -2.16. The lowest BCUT2D eigenvalue weighted by atomic mass is 10.3. The standard InChI is InChI=1S/C9H14FN3/c1-7-5-11-9(12(7)2)13-4-3-8(10)6-13/h5,8H,3-4,6H2,1-2H3/t8-/m1/s1. The van der Waals surface area contributed by atoms with E-state index < -0.39 is 6.17 Å². The third-order valence-electron chi connectivity index (χ3n) is 2.61. The summed E-state index contributed by atoms with van der Waals surface area (Å²) in [6, 6.07) is 0. The number of aromatic nitrogens is 2. The van der Waals surface area contributed by atoms with Gasteiger partial charge in [0, 0.05) is 19.3 Å². The number of hydrogen-bond acceptors (Lipinski definition) is 2. The molecule has 0 saturated carbocycles. The Balaban J connectivity index is 2.21. The number of imidazole rings is 1. The van der Waals surface area contributed by atoms with E-state index in [0.717, 1.165) is 18.2 Å². The Morgan fingerprint density at radius 2 is 2.38 bits per heavy atom. The van der Waals surface area contributed by atoms with Crippen LogP contribution in [0.25, 0.3) is 0 Å². The first-order chi connectivity index (χ1) is 6.18. The van der Waals surface area contributed by atoms with Crippen molar-refractivity contribution in [2.45, 2.75) is 19.5 Å². The Bertz CT molecular complexity index is 308. The summed E-state index contributed by atoms with van der Waals surface area (Å²) in [4.78, 5) is 6.25. The Hall–Kier alpha value is -1.06. The van der Waals surface area contributed by atoms with E-state index in [1.165, 1.54) is 0 Å². The van der Waals surface area contributed by atoms with E-state index in [1.807, 2.05) is 29.6 Å². The molecule has 0 spiro atoms. The van der Waals surface area contributed by atoms with Crippen molar-refractivity contribution >= 4 is 5.95 Å². The fourth-order valence-corrected chi connectivity index (χ4v) is 1.68. The molecule has 1 aromatic heterocycles. The summed E-state index contributed by atoms with van der Waals surface area (Å²) in [7, 11) is 1.96. The van der Waals surface area contributed by atoms with Crippen LogP contribution in [-0.2, 0) is 7.05 Å². The lowest BCUT2D eigenvalue weighted by molar-refractivity contribution is 0.364. The van der Waals surface area contributed by atoms with Gasteiger partial charge in [-0.1, -0.05) is 0 Å². The average molecular weight is 183 g/mol. The highest BCUT2D eigenvalue weighted by atomic mass is 19.1. The highest BCUT2D eigenvalue weighted by molar-refractivity contribution is 5.35. The van der Waals surface area contributed by atoms with Gasteiger partial charge in [0.25, 0.3) is 0 Å². The summed E-state index contributed by atoms with van der Waals surface area (Å²) in [6.45, 7) is 3.27. The largest absolute Gasteiger partial charge is 0.339 e. The Morgan fingerprint density at radius 3 is 2.85 bits per heavy atom. The summed E-state index contributed by atoms with van der Waals surface area (Å²) in [5.74, 6) is 0.887. The molecule has 0 amide bonds. The van der Waals surface area contributed by atoms with E-state index in [9.17, 15) is 4.39 Å². The van der Waals surface area contributed by atoms with Crippen molar-refractivity contribution in [3.8, 4) is 0 Å². The highest BCUT2D eigenvalue weighted by Gasteiger charge is 2.24. The summed E-state index contributed by atoms with van der Waals surface area (Å²) < 4.78 is 14.9. The van der Waals surface area contributed by atoms with Crippen molar-refractivity contribution in [3.63, 3.8) is 0 Å². The predicted molar refractivity (Wildman–Crippen MR) is 49.7 cm³/mol. The molecule has 2 heterocycles. The molecule has 1 atom stereocenters. The van der Waals surface area contributed by atoms with Crippen LogP contribution in [0.3, 0.4) is 0 Å². The number of anilines is 1. The molecule has 1 aliphatic heterocycles. The monoisotopic (exact) mass is 183 g/mol. The number of halogens is 1. The number of aryl methyl sites for hydroxylation is 1. The highest BCUT2D eigenvalue weighted by Crippen LogP contribution is 2.20. The van der Waals surface area contributed by atoms with Gasteiger partial charge in [-0.05, 0) is 13.3 Å². The lowest BCUT2D eigenvalue weighted by Crippen LogP contribution is -2.23. The van der Waals surface area contributed by atoms with E-state index >= 15 is 0 Å². The van der Waals surface area contributed by atoms with Crippen LogP contribution in [0, 0.1) is 6.92 Å². The van der Waals surface area contributed by atoms with E-state index in [2.05, 4.69) is 4.98 Å². The summed E-state index contributed by atoms with van der Waals surface area (Å²) in [5, 5.41) is 0. The van der Waals surface area contributed by atoms with Gasteiger partial charge in [0.1, 0.15) is 6.17 Å². The quantitative estimate of drug-likeness (QED) is 0.654. The zero-order valence-corrected chi connectivity index (χ0v) is 8.00. The van der Waals surface area contributed by atoms with Gasteiger partial charge in [-0.3, -0.25) is 0 Å². The minimum Gasteiger partial charge on any atom is -0.339 e. The maximum atomic E-state index is 12.9. The third kappa shape index (κ3) is 1.41. The molecule has 1 saturated heterocycles. The second-order valence-corrected chi connectivity index (χ2v) is 3.59. The number of rotatable bonds is 1. The maximum Gasteiger partial charge on any atom is 0.205 e. The minimum absolute atomic E-state index is 0.490. The fraction of sp³-hybridized carbons (Fsp3) is 0.667. The Kier molecular flexibility index (Phi) is 1.98. The molecule has 2 rings (SSSR count). The van der Waals surface area contributed by atoms with Gasteiger partial charge in [-0.15, -0.1) is 0 Å². The Morgan fingerprint density at radius 1 is 1.62 bits per heavy atom. The van der Waals surface area contributed by atoms with E-state index in [0.29, 0.717) is 13.0 Å². The van der Waals surface area contributed by atoms with Crippen LogP contribution >= 0.6 is 0 Å². The third-order valence-corrected chi connectivity index (χ3v) is 2.61. The molecule has 0 N–H and O–H groups in total. The summed E-state index contributed by atoms with van der Waals surface area (Å²) >= 11 is 0. The normalized spacial score (nSPS) is 22.7. The Labute approximate surface area is 77.2 Å². The summed E-state index contributed by atoms with van der Waals surface area (Å²) in [5.41, 5.74) is 1.11. The first-order valence-corrected chi connectivity index (χ1v) is 4.56. The maximum absolute atomic E-state index is 12.9. The second-order valence-electron chi connectivity index (χ2n) is 3.59. The van der Waals surface area contributed by atoms with Crippen LogP contribution in [0.5, 0.6) is 0 Å². The van der Waals surface area contributed by atoms with Crippen LogP contribution in [0.15, 0.2) is 6.20 Å². The molecule has 3 nitrogen and oxygen atoms in total. The van der Waals surface area contributed by atoms with Crippen molar-refractivity contribution in [3.05, 3.63) is 11.9 Å².